The lowest BCUT2D eigenvalue weighted by Crippen LogP contribution is -2.30. The van der Waals surface area contributed by atoms with Crippen molar-refractivity contribution >= 4 is 17.9 Å². The Hall–Kier alpha value is -3.67. The second-order valence-electron chi connectivity index (χ2n) is 17.0. The first-order valence-electron chi connectivity index (χ1n) is 26.2. The molecule has 0 amide bonds. The third-order valence-electron chi connectivity index (χ3n) is 10.8. The third kappa shape index (κ3) is 49.3. The zero-order valence-corrected chi connectivity index (χ0v) is 41.5. The number of esters is 3. The summed E-state index contributed by atoms with van der Waals surface area (Å²) in [6.45, 7) is 6.41. The largest absolute Gasteiger partial charge is 0.462 e. The fraction of sp³-hybridized carbons (Fsp3) is 0.672. The van der Waals surface area contributed by atoms with E-state index in [2.05, 4.69) is 118 Å². The van der Waals surface area contributed by atoms with Gasteiger partial charge in [-0.25, -0.2) is 0 Å². The molecule has 0 aliphatic heterocycles. The molecule has 0 aliphatic rings. The monoisotopic (exact) mass is 889 g/mol. The minimum atomic E-state index is -0.802. The molecular weight excluding hydrogens is 793 g/mol. The number of unbranched alkanes of at least 4 members (excludes halogenated alkanes) is 19. The number of hydrogen-bond acceptors (Lipinski definition) is 6. The third-order valence-corrected chi connectivity index (χ3v) is 10.8. The highest BCUT2D eigenvalue weighted by Gasteiger charge is 2.19. The van der Waals surface area contributed by atoms with Crippen LogP contribution in [0.15, 0.2) is 97.2 Å². The Bertz CT molecular complexity index is 1300. The molecule has 0 radical (unpaired) electrons. The van der Waals surface area contributed by atoms with Gasteiger partial charge in [0, 0.05) is 19.3 Å². The summed E-state index contributed by atoms with van der Waals surface area (Å²) in [6, 6.07) is 0. The van der Waals surface area contributed by atoms with E-state index < -0.39 is 6.10 Å². The molecular formula is C58H96O6. The van der Waals surface area contributed by atoms with Gasteiger partial charge in [0.05, 0.1) is 0 Å². The van der Waals surface area contributed by atoms with Crippen molar-refractivity contribution in [3.8, 4) is 0 Å². The van der Waals surface area contributed by atoms with E-state index in [0.29, 0.717) is 19.3 Å². The highest BCUT2D eigenvalue weighted by Crippen LogP contribution is 2.13. The second kappa shape index (κ2) is 52.0. The van der Waals surface area contributed by atoms with Gasteiger partial charge in [0.15, 0.2) is 6.10 Å². The van der Waals surface area contributed by atoms with Crippen molar-refractivity contribution < 1.29 is 28.6 Å². The number of carbonyl (C=O) groups excluding carboxylic acids is 3. The summed E-state index contributed by atoms with van der Waals surface area (Å²) in [7, 11) is 0. The first-order valence-corrected chi connectivity index (χ1v) is 26.2. The van der Waals surface area contributed by atoms with Crippen LogP contribution in [0.1, 0.15) is 233 Å². The summed E-state index contributed by atoms with van der Waals surface area (Å²) in [5.41, 5.74) is 0. The van der Waals surface area contributed by atoms with Gasteiger partial charge in [-0.15, -0.1) is 0 Å². The van der Waals surface area contributed by atoms with Gasteiger partial charge in [0.1, 0.15) is 13.2 Å². The van der Waals surface area contributed by atoms with Gasteiger partial charge in [0.2, 0.25) is 0 Å². The van der Waals surface area contributed by atoms with Gasteiger partial charge in [-0.1, -0.05) is 195 Å². The molecule has 0 aliphatic carbocycles. The van der Waals surface area contributed by atoms with Crippen molar-refractivity contribution in [1.29, 1.82) is 0 Å². The number of carbonyl (C=O) groups is 3. The van der Waals surface area contributed by atoms with Crippen LogP contribution in [0.5, 0.6) is 0 Å². The van der Waals surface area contributed by atoms with Crippen LogP contribution in [-0.4, -0.2) is 37.2 Å². The molecule has 0 bridgehead atoms. The smallest absolute Gasteiger partial charge is 0.306 e. The van der Waals surface area contributed by atoms with Gasteiger partial charge in [0.25, 0.3) is 0 Å². The summed E-state index contributed by atoms with van der Waals surface area (Å²) >= 11 is 0. The molecule has 1 atom stereocenters. The minimum absolute atomic E-state index is 0.0993. The van der Waals surface area contributed by atoms with Gasteiger partial charge < -0.3 is 14.2 Å². The summed E-state index contributed by atoms with van der Waals surface area (Å²) in [6.07, 6.45) is 68.1. The van der Waals surface area contributed by atoms with E-state index in [1.165, 1.54) is 57.8 Å². The van der Waals surface area contributed by atoms with Gasteiger partial charge in [-0.3, -0.25) is 14.4 Å². The van der Waals surface area contributed by atoms with E-state index >= 15 is 0 Å². The van der Waals surface area contributed by atoms with E-state index in [9.17, 15) is 14.4 Å². The maximum absolute atomic E-state index is 12.8. The Morgan fingerprint density at radius 1 is 0.328 bits per heavy atom. The second-order valence-corrected chi connectivity index (χ2v) is 17.0. The Balaban J connectivity index is 4.48. The van der Waals surface area contributed by atoms with Crippen LogP contribution in [0.4, 0.5) is 0 Å². The Labute approximate surface area is 394 Å². The lowest BCUT2D eigenvalue weighted by Gasteiger charge is -2.18. The van der Waals surface area contributed by atoms with Crippen molar-refractivity contribution in [1.82, 2.24) is 0 Å². The highest BCUT2D eigenvalue weighted by molar-refractivity contribution is 5.71. The quantitative estimate of drug-likeness (QED) is 0.0262. The van der Waals surface area contributed by atoms with Crippen LogP contribution in [-0.2, 0) is 28.6 Å². The molecule has 0 saturated heterocycles. The molecule has 0 rings (SSSR count). The van der Waals surface area contributed by atoms with Gasteiger partial charge in [-0.05, 0) is 116 Å². The molecule has 0 heterocycles. The van der Waals surface area contributed by atoms with E-state index in [1.54, 1.807) is 0 Å². The Morgan fingerprint density at radius 2 is 0.625 bits per heavy atom. The first-order chi connectivity index (χ1) is 31.5. The van der Waals surface area contributed by atoms with Crippen LogP contribution in [0, 0.1) is 0 Å². The maximum atomic E-state index is 12.8. The molecule has 0 aromatic rings. The Morgan fingerprint density at radius 3 is 1.03 bits per heavy atom. The molecule has 0 N–H and O–H groups in total. The van der Waals surface area contributed by atoms with Crippen LogP contribution in [0.25, 0.3) is 0 Å². The van der Waals surface area contributed by atoms with E-state index in [4.69, 9.17) is 14.2 Å². The predicted molar refractivity (Wildman–Crippen MR) is 274 cm³/mol. The topological polar surface area (TPSA) is 78.9 Å². The molecule has 0 fully saturated rings. The van der Waals surface area contributed by atoms with Crippen LogP contribution in [0.3, 0.4) is 0 Å². The zero-order valence-electron chi connectivity index (χ0n) is 41.5. The maximum Gasteiger partial charge on any atom is 0.306 e. The van der Waals surface area contributed by atoms with Crippen LogP contribution >= 0.6 is 0 Å². The number of allylic oxidation sites excluding steroid dienone is 16. The molecule has 0 spiro atoms. The molecule has 0 aromatic carbocycles. The molecule has 364 valence electrons. The molecule has 6 heteroatoms. The number of hydrogen-bond donors (Lipinski definition) is 0. The van der Waals surface area contributed by atoms with Crippen molar-refractivity contribution in [2.45, 2.75) is 239 Å². The van der Waals surface area contributed by atoms with E-state index in [0.717, 1.165) is 135 Å². The van der Waals surface area contributed by atoms with Crippen molar-refractivity contribution in [3.63, 3.8) is 0 Å². The lowest BCUT2D eigenvalue weighted by molar-refractivity contribution is -0.167. The van der Waals surface area contributed by atoms with Crippen molar-refractivity contribution in [3.05, 3.63) is 97.2 Å². The highest BCUT2D eigenvalue weighted by atomic mass is 16.6. The fourth-order valence-electron chi connectivity index (χ4n) is 6.83. The SMILES string of the molecule is CC/C=C\C/C=C\C/C=C\C/C=C\C/C=C\CCCCCC(=O)OCC(COC(=O)CCCCCCC/C=C\CCCCCC)OC(=O)CCCCCCC/C=C\C/C=C\CCCC. The summed E-state index contributed by atoms with van der Waals surface area (Å²) in [4.78, 5) is 38.0. The normalized spacial score (nSPS) is 12.9. The minimum Gasteiger partial charge on any atom is -0.462 e. The standard InChI is InChI=1S/C58H96O6/c1-4-7-10-13-16-19-22-25-27-28-29-30-31-34-36-39-42-45-48-51-57(60)63-54-55(53-62-56(59)50-47-44-41-38-35-32-24-21-18-15-12-9-6-3)64-58(61)52-49-46-43-40-37-33-26-23-20-17-14-11-8-5-2/h7,10,14,16-17,19,21,23-27,29-30,34,36,55H,4-6,8-9,11-13,15,18,20,22,28,31-33,35,37-54H2,1-3H3/b10-7-,17-14-,19-16-,24-21-,26-23-,27-25-,30-29-,36-34-. The molecule has 6 nitrogen and oxygen atoms in total. The zero-order chi connectivity index (χ0) is 46.5. The Kier molecular flexibility index (Phi) is 49.0. The van der Waals surface area contributed by atoms with Gasteiger partial charge >= 0.3 is 17.9 Å². The van der Waals surface area contributed by atoms with E-state index in [1.807, 2.05) is 0 Å². The molecule has 0 aromatic heterocycles. The summed E-state index contributed by atoms with van der Waals surface area (Å²) < 4.78 is 16.8. The predicted octanol–water partition coefficient (Wildman–Crippen LogP) is 17.4. The van der Waals surface area contributed by atoms with Crippen molar-refractivity contribution in [2.75, 3.05) is 13.2 Å². The van der Waals surface area contributed by atoms with Crippen LogP contribution in [0.2, 0.25) is 0 Å². The lowest BCUT2D eigenvalue weighted by atomic mass is 10.1. The summed E-state index contributed by atoms with van der Waals surface area (Å²) in [5.74, 6) is -0.958. The average molecular weight is 889 g/mol. The molecule has 0 saturated carbocycles. The molecule has 1 unspecified atom stereocenters. The fourth-order valence-corrected chi connectivity index (χ4v) is 6.83. The average Bonchev–Trinajstić information content (AvgIpc) is 3.29. The first kappa shape index (κ1) is 60.3. The van der Waals surface area contributed by atoms with Crippen molar-refractivity contribution in [2.24, 2.45) is 0 Å². The number of ether oxygens (including phenoxy) is 3. The van der Waals surface area contributed by atoms with Crippen LogP contribution < -0.4 is 0 Å². The van der Waals surface area contributed by atoms with Gasteiger partial charge in [-0.2, -0.15) is 0 Å². The molecule has 64 heavy (non-hydrogen) atoms. The summed E-state index contributed by atoms with van der Waals surface area (Å²) in [5, 5.41) is 0. The number of rotatable bonds is 46. The van der Waals surface area contributed by atoms with E-state index in [-0.39, 0.29) is 31.1 Å².